The third-order valence-electron chi connectivity index (χ3n) is 3.60. The second kappa shape index (κ2) is 9.94. The van der Waals surface area contributed by atoms with E-state index >= 15 is 0 Å². The Kier molecular flexibility index (Phi) is 7.63. The molecule has 2 aromatic carbocycles. The molecule has 2 amide bonds. The Labute approximate surface area is 162 Å². The van der Waals surface area contributed by atoms with Gasteiger partial charge in [0.2, 0.25) is 0 Å². The van der Waals surface area contributed by atoms with E-state index in [4.69, 9.17) is 23.2 Å². The van der Waals surface area contributed by atoms with Crippen molar-refractivity contribution in [1.82, 2.24) is 5.43 Å². The molecule has 0 aliphatic carbocycles. The van der Waals surface area contributed by atoms with Crippen LogP contribution in [0.5, 0.6) is 0 Å². The number of nitrogens with zero attached hydrogens (tertiary/aromatic N) is 1. The van der Waals surface area contributed by atoms with Crippen LogP contribution in [0.15, 0.2) is 47.6 Å². The molecular weight excluding hydrogens is 373 g/mol. The van der Waals surface area contributed by atoms with Gasteiger partial charge in [0.15, 0.2) is 0 Å². The van der Waals surface area contributed by atoms with Crippen molar-refractivity contribution in [2.24, 2.45) is 5.10 Å². The van der Waals surface area contributed by atoms with Gasteiger partial charge in [-0.05, 0) is 42.7 Å². The average molecular weight is 392 g/mol. The lowest BCUT2D eigenvalue weighted by atomic mass is 10.1. The molecule has 136 valence electrons. The fourth-order valence-electron chi connectivity index (χ4n) is 2.16. The van der Waals surface area contributed by atoms with Crippen molar-refractivity contribution >= 4 is 46.9 Å². The van der Waals surface area contributed by atoms with E-state index in [1.165, 1.54) is 11.8 Å². The van der Waals surface area contributed by atoms with Crippen molar-refractivity contribution in [2.45, 2.75) is 26.2 Å². The van der Waals surface area contributed by atoms with Crippen molar-refractivity contribution in [3.05, 3.63) is 63.6 Å². The van der Waals surface area contributed by atoms with E-state index in [9.17, 15) is 9.59 Å². The zero-order valence-electron chi connectivity index (χ0n) is 14.3. The van der Waals surface area contributed by atoms with Crippen LogP contribution in [0.3, 0.4) is 0 Å². The van der Waals surface area contributed by atoms with E-state index in [0.717, 1.165) is 19.3 Å². The van der Waals surface area contributed by atoms with Crippen LogP contribution in [0.1, 0.15) is 30.9 Å². The minimum absolute atomic E-state index is 0.392. The lowest BCUT2D eigenvalue weighted by Crippen LogP contribution is -2.32. The monoisotopic (exact) mass is 391 g/mol. The number of rotatable bonds is 6. The van der Waals surface area contributed by atoms with Gasteiger partial charge in [0, 0.05) is 11.3 Å². The second-order valence-corrected chi connectivity index (χ2v) is 6.40. The van der Waals surface area contributed by atoms with Crippen molar-refractivity contribution < 1.29 is 9.59 Å². The van der Waals surface area contributed by atoms with Gasteiger partial charge in [-0.15, -0.1) is 0 Å². The molecular formula is C19H19Cl2N3O2. The van der Waals surface area contributed by atoms with E-state index in [0.29, 0.717) is 21.3 Å². The first kappa shape index (κ1) is 19.9. The summed E-state index contributed by atoms with van der Waals surface area (Å²) in [6, 6.07) is 12.4. The number of hydrogen-bond acceptors (Lipinski definition) is 3. The summed E-state index contributed by atoms with van der Waals surface area (Å²) in [6.07, 6.45) is 4.52. The number of unbranched alkanes of at least 4 members (excludes halogenated alkanes) is 1. The quantitative estimate of drug-likeness (QED) is 0.434. The average Bonchev–Trinajstić information content (AvgIpc) is 2.63. The van der Waals surface area contributed by atoms with Gasteiger partial charge in [0.05, 0.1) is 16.3 Å². The molecule has 0 aliphatic rings. The smallest absolute Gasteiger partial charge is 0.318 e. The highest BCUT2D eigenvalue weighted by atomic mass is 35.5. The summed E-state index contributed by atoms with van der Waals surface area (Å²) in [5.74, 6) is -1.70. The molecule has 0 spiro atoms. The number of aryl methyl sites for hydroxylation is 1. The summed E-state index contributed by atoms with van der Waals surface area (Å²) >= 11 is 12.0. The molecule has 0 atom stereocenters. The van der Waals surface area contributed by atoms with Gasteiger partial charge in [-0.25, -0.2) is 5.43 Å². The first-order valence-corrected chi connectivity index (χ1v) is 8.94. The molecule has 7 heteroatoms. The first-order chi connectivity index (χ1) is 12.5. The van der Waals surface area contributed by atoms with Crippen molar-refractivity contribution in [3.63, 3.8) is 0 Å². The Balaban J connectivity index is 1.89. The maximum atomic E-state index is 11.9. The van der Waals surface area contributed by atoms with E-state index in [1.54, 1.807) is 30.3 Å². The fourth-order valence-corrected chi connectivity index (χ4v) is 2.66. The zero-order chi connectivity index (χ0) is 18.9. The Hall–Kier alpha value is -2.37. The molecule has 5 nitrogen and oxygen atoms in total. The Bertz CT molecular complexity index is 785. The van der Waals surface area contributed by atoms with Gasteiger partial charge in [-0.3, -0.25) is 9.59 Å². The van der Waals surface area contributed by atoms with Crippen LogP contribution in [0.4, 0.5) is 5.69 Å². The van der Waals surface area contributed by atoms with Crippen LogP contribution in [-0.4, -0.2) is 18.0 Å². The third-order valence-corrected chi connectivity index (χ3v) is 4.26. The number of carbonyl (C=O) groups is 2. The molecule has 0 bridgehead atoms. The number of anilines is 1. The number of carbonyl (C=O) groups excluding carboxylic acids is 2. The van der Waals surface area contributed by atoms with E-state index < -0.39 is 11.8 Å². The fraction of sp³-hybridized carbons (Fsp3) is 0.211. The lowest BCUT2D eigenvalue weighted by molar-refractivity contribution is -0.136. The van der Waals surface area contributed by atoms with Crippen molar-refractivity contribution in [3.8, 4) is 0 Å². The van der Waals surface area contributed by atoms with Crippen LogP contribution >= 0.6 is 23.2 Å². The van der Waals surface area contributed by atoms with Crippen LogP contribution in [0.2, 0.25) is 10.0 Å². The number of hydrazone groups is 1. The number of benzene rings is 2. The second-order valence-electron chi connectivity index (χ2n) is 5.59. The van der Waals surface area contributed by atoms with Crippen molar-refractivity contribution in [2.75, 3.05) is 5.32 Å². The maximum Gasteiger partial charge on any atom is 0.329 e. The molecule has 0 radical (unpaired) electrons. The predicted octanol–water partition coefficient (Wildman–Crippen LogP) is 4.42. The topological polar surface area (TPSA) is 70.6 Å². The van der Waals surface area contributed by atoms with Gasteiger partial charge in [-0.1, -0.05) is 54.7 Å². The van der Waals surface area contributed by atoms with Gasteiger partial charge in [-0.2, -0.15) is 5.10 Å². The van der Waals surface area contributed by atoms with Crippen molar-refractivity contribution in [1.29, 1.82) is 0 Å². The molecule has 2 N–H and O–H groups in total. The predicted molar refractivity (Wildman–Crippen MR) is 106 cm³/mol. The van der Waals surface area contributed by atoms with Gasteiger partial charge in [0.25, 0.3) is 0 Å². The zero-order valence-corrected chi connectivity index (χ0v) is 15.8. The number of hydrogen-bond donors (Lipinski definition) is 2. The molecule has 2 aromatic rings. The molecule has 0 aromatic heterocycles. The number of amides is 2. The number of nitrogens with one attached hydrogen (secondary N) is 2. The minimum Gasteiger partial charge on any atom is -0.318 e. The lowest BCUT2D eigenvalue weighted by Gasteiger charge is -2.06. The molecule has 0 saturated heterocycles. The third kappa shape index (κ3) is 5.86. The highest BCUT2D eigenvalue weighted by Crippen LogP contribution is 2.22. The van der Waals surface area contributed by atoms with E-state index in [-0.39, 0.29) is 0 Å². The SMILES string of the molecule is CCCCc1ccc(NC(=O)C(=O)NN=Cc2c(Cl)cccc2Cl)cc1. The Morgan fingerprint density at radius 3 is 2.31 bits per heavy atom. The minimum atomic E-state index is -0.889. The van der Waals surface area contributed by atoms with E-state index in [1.807, 2.05) is 12.1 Å². The van der Waals surface area contributed by atoms with Gasteiger partial charge >= 0.3 is 11.8 Å². The molecule has 0 aliphatic heterocycles. The largest absolute Gasteiger partial charge is 0.329 e. The number of halogens is 2. The summed E-state index contributed by atoms with van der Waals surface area (Å²) in [4.78, 5) is 23.7. The molecule has 2 rings (SSSR count). The Morgan fingerprint density at radius 1 is 1.04 bits per heavy atom. The van der Waals surface area contributed by atoms with Crippen LogP contribution in [-0.2, 0) is 16.0 Å². The summed E-state index contributed by atoms with van der Waals surface area (Å²) in [7, 11) is 0. The maximum absolute atomic E-state index is 11.9. The van der Waals surface area contributed by atoms with E-state index in [2.05, 4.69) is 22.8 Å². The molecule has 0 fully saturated rings. The molecule has 0 heterocycles. The highest BCUT2D eigenvalue weighted by molar-refractivity contribution is 6.40. The van der Waals surface area contributed by atoms with Crippen LogP contribution in [0, 0.1) is 0 Å². The van der Waals surface area contributed by atoms with Crippen LogP contribution in [0.25, 0.3) is 0 Å². The van der Waals surface area contributed by atoms with Crippen LogP contribution < -0.4 is 10.7 Å². The summed E-state index contributed by atoms with van der Waals surface area (Å²) in [5, 5.41) is 7.02. The summed E-state index contributed by atoms with van der Waals surface area (Å²) in [6.45, 7) is 2.13. The Morgan fingerprint density at radius 2 is 1.69 bits per heavy atom. The van der Waals surface area contributed by atoms with Gasteiger partial charge in [0.1, 0.15) is 0 Å². The summed E-state index contributed by atoms with van der Waals surface area (Å²) in [5.41, 5.74) is 4.34. The molecule has 0 unspecified atom stereocenters. The normalized spacial score (nSPS) is 10.7. The summed E-state index contributed by atoms with van der Waals surface area (Å²) < 4.78 is 0. The van der Waals surface area contributed by atoms with Gasteiger partial charge < -0.3 is 5.32 Å². The molecule has 0 saturated carbocycles. The standard InChI is InChI=1S/C19H19Cl2N3O2/c1-2-3-5-13-8-10-14(11-9-13)23-18(25)19(26)24-22-12-15-16(20)6-4-7-17(15)21/h4,6-12H,2-3,5H2,1H3,(H,23,25)(H,24,26). The highest BCUT2D eigenvalue weighted by Gasteiger charge is 2.13. The first-order valence-electron chi connectivity index (χ1n) is 8.18. The molecule has 26 heavy (non-hydrogen) atoms.